The molecule has 0 fully saturated rings. The molecular weight excluding hydrogens is 342 g/mol. The molecule has 0 aromatic heterocycles. The zero-order valence-corrected chi connectivity index (χ0v) is 16.0. The zero-order valence-electron chi connectivity index (χ0n) is 16.0. The summed E-state index contributed by atoms with van der Waals surface area (Å²) in [5.41, 5.74) is 4.16. The van der Waals surface area contributed by atoms with E-state index in [9.17, 15) is 19.2 Å². The summed E-state index contributed by atoms with van der Waals surface area (Å²) in [5, 5.41) is 2.11. The molecule has 26 heavy (non-hydrogen) atoms. The van der Waals surface area contributed by atoms with Crippen molar-refractivity contribution < 1.29 is 28.7 Å². The molecule has 146 valence electrons. The third kappa shape index (κ3) is 6.47. The van der Waals surface area contributed by atoms with Gasteiger partial charge in [0.2, 0.25) is 0 Å². The second-order valence-electron chi connectivity index (χ2n) is 7.91. The van der Waals surface area contributed by atoms with Gasteiger partial charge in [-0.05, 0) is 41.5 Å². The Kier molecular flexibility index (Phi) is 6.54. The summed E-state index contributed by atoms with van der Waals surface area (Å²) in [6, 6.07) is -0.914. The number of nitrogens with zero attached hydrogens (tertiary/aromatic N) is 1. The van der Waals surface area contributed by atoms with Gasteiger partial charge in [0.1, 0.15) is 11.2 Å². The highest BCUT2D eigenvalue weighted by Gasteiger charge is 2.37. The lowest BCUT2D eigenvalue weighted by molar-refractivity contribution is -0.124. The molecule has 1 aliphatic heterocycles. The number of amides is 4. The van der Waals surface area contributed by atoms with E-state index >= 15 is 0 Å². The fourth-order valence-corrected chi connectivity index (χ4v) is 2.13. The Morgan fingerprint density at radius 3 is 1.85 bits per heavy atom. The molecule has 4 amide bonds. The summed E-state index contributed by atoms with van der Waals surface area (Å²) in [6.45, 7) is 9.78. The number of imide groups is 2. The summed E-state index contributed by atoms with van der Waals surface area (Å²) in [7, 11) is 0. The summed E-state index contributed by atoms with van der Waals surface area (Å²) in [4.78, 5) is 49.0. The topological polar surface area (TPSA) is 128 Å². The molecule has 0 radical (unpaired) electrons. The van der Waals surface area contributed by atoms with Gasteiger partial charge in [0.25, 0.3) is 11.8 Å². The normalized spacial score (nSPS) is 15.9. The lowest BCUT2D eigenvalue weighted by Gasteiger charge is -2.33. The van der Waals surface area contributed by atoms with Crippen molar-refractivity contribution in [1.82, 2.24) is 10.2 Å². The first-order chi connectivity index (χ1) is 11.7. The van der Waals surface area contributed by atoms with Crippen molar-refractivity contribution in [1.29, 1.82) is 0 Å². The van der Waals surface area contributed by atoms with E-state index in [2.05, 4.69) is 5.32 Å². The second kappa shape index (κ2) is 7.86. The predicted molar refractivity (Wildman–Crippen MR) is 93.0 cm³/mol. The van der Waals surface area contributed by atoms with E-state index in [4.69, 9.17) is 15.2 Å². The van der Waals surface area contributed by atoms with Crippen molar-refractivity contribution in [2.45, 2.75) is 65.2 Å². The van der Waals surface area contributed by atoms with Crippen molar-refractivity contribution in [3.8, 4) is 0 Å². The van der Waals surface area contributed by atoms with E-state index in [-0.39, 0.29) is 18.5 Å². The predicted octanol–water partition coefficient (Wildman–Crippen LogP) is 1.46. The minimum absolute atomic E-state index is 0.0907. The first kappa shape index (κ1) is 21.6. The van der Waals surface area contributed by atoms with Gasteiger partial charge in [-0.15, -0.1) is 0 Å². The standard InChI is InChI=1S/C17H27N3O6/c1-16(2,3)25-14(23)20(15(24)26-17(4,5)6)11(9-18)7-10-8-12(21)19-13(10)22/h8,11H,7,9,18H2,1-6H3,(H,19,21,22). The maximum Gasteiger partial charge on any atom is 0.420 e. The number of nitrogens with one attached hydrogen (secondary N) is 1. The Balaban J connectivity index is 3.12. The van der Waals surface area contributed by atoms with E-state index in [1.807, 2.05) is 0 Å². The highest BCUT2D eigenvalue weighted by Crippen LogP contribution is 2.21. The zero-order chi connectivity index (χ0) is 20.3. The first-order valence-electron chi connectivity index (χ1n) is 8.24. The smallest absolute Gasteiger partial charge is 0.420 e. The fourth-order valence-electron chi connectivity index (χ4n) is 2.13. The number of rotatable bonds is 4. The number of carbonyl (C=O) groups is 4. The van der Waals surface area contributed by atoms with Crippen LogP contribution < -0.4 is 11.1 Å². The maximum absolute atomic E-state index is 12.6. The van der Waals surface area contributed by atoms with Crippen LogP contribution in [0, 0.1) is 0 Å². The average molecular weight is 369 g/mol. The number of hydrogen-bond donors (Lipinski definition) is 2. The van der Waals surface area contributed by atoms with Gasteiger partial charge in [-0.2, -0.15) is 0 Å². The second-order valence-corrected chi connectivity index (χ2v) is 7.91. The van der Waals surface area contributed by atoms with Gasteiger partial charge in [0.15, 0.2) is 0 Å². The van der Waals surface area contributed by atoms with Crippen LogP contribution in [0.25, 0.3) is 0 Å². The first-order valence-corrected chi connectivity index (χ1v) is 8.24. The molecule has 0 saturated heterocycles. The molecule has 0 aromatic carbocycles. The molecule has 3 N–H and O–H groups in total. The average Bonchev–Trinajstić information content (AvgIpc) is 2.71. The van der Waals surface area contributed by atoms with Crippen LogP contribution in [0.5, 0.6) is 0 Å². The van der Waals surface area contributed by atoms with E-state index in [1.54, 1.807) is 41.5 Å². The van der Waals surface area contributed by atoms with E-state index < -0.39 is 41.2 Å². The van der Waals surface area contributed by atoms with Crippen LogP contribution in [-0.4, -0.2) is 52.7 Å². The van der Waals surface area contributed by atoms with Crippen molar-refractivity contribution in [3.63, 3.8) is 0 Å². The number of carbonyl (C=O) groups excluding carboxylic acids is 4. The van der Waals surface area contributed by atoms with Gasteiger partial charge < -0.3 is 15.2 Å². The van der Waals surface area contributed by atoms with Gasteiger partial charge in [0.05, 0.1) is 6.04 Å². The molecule has 0 bridgehead atoms. The summed E-state index contributed by atoms with van der Waals surface area (Å²) < 4.78 is 10.5. The molecule has 1 unspecified atom stereocenters. The van der Waals surface area contributed by atoms with Crippen LogP contribution in [0.1, 0.15) is 48.0 Å². The highest BCUT2D eigenvalue weighted by atomic mass is 16.6. The van der Waals surface area contributed by atoms with Crippen molar-refractivity contribution in [2.75, 3.05) is 6.54 Å². The van der Waals surface area contributed by atoms with Crippen LogP contribution in [0.3, 0.4) is 0 Å². The van der Waals surface area contributed by atoms with Gasteiger partial charge in [-0.25, -0.2) is 14.5 Å². The Bertz CT molecular complexity index is 599. The lowest BCUT2D eigenvalue weighted by Crippen LogP contribution is -2.51. The molecule has 0 spiro atoms. The maximum atomic E-state index is 12.6. The molecule has 1 atom stereocenters. The van der Waals surface area contributed by atoms with Gasteiger partial charge >= 0.3 is 12.2 Å². The molecule has 9 heteroatoms. The number of nitrogens with two attached hydrogens (primary N) is 1. The quantitative estimate of drug-likeness (QED) is 0.718. The Morgan fingerprint density at radius 2 is 1.54 bits per heavy atom. The SMILES string of the molecule is CC(C)(C)OC(=O)N(C(=O)OC(C)(C)C)C(CN)CC1=CC(=O)NC1=O. The molecule has 1 rings (SSSR count). The minimum atomic E-state index is -0.937. The molecule has 9 nitrogen and oxygen atoms in total. The number of ether oxygens (including phenoxy) is 2. The molecule has 0 saturated carbocycles. The third-order valence-corrected chi connectivity index (χ3v) is 3.11. The molecular formula is C17H27N3O6. The van der Waals surface area contributed by atoms with E-state index in [1.165, 1.54) is 0 Å². The summed E-state index contributed by atoms with van der Waals surface area (Å²) >= 11 is 0. The molecule has 1 aliphatic rings. The van der Waals surface area contributed by atoms with Crippen molar-refractivity contribution >= 4 is 24.0 Å². The highest BCUT2D eigenvalue weighted by molar-refractivity contribution is 6.16. The molecule has 1 heterocycles. The van der Waals surface area contributed by atoms with E-state index in [0.717, 1.165) is 11.0 Å². The fraction of sp³-hybridized carbons (Fsp3) is 0.647. The van der Waals surface area contributed by atoms with Gasteiger partial charge in [-0.3, -0.25) is 14.9 Å². The van der Waals surface area contributed by atoms with Crippen LogP contribution in [0.15, 0.2) is 11.6 Å². The van der Waals surface area contributed by atoms with Crippen LogP contribution in [0.4, 0.5) is 9.59 Å². The third-order valence-electron chi connectivity index (χ3n) is 3.11. The van der Waals surface area contributed by atoms with Gasteiger partial charge in [0, 0.05) is 24.6 Å². The molecule has 0 aromatic rings. The lowest BCUT2D eigenvalue weighted by atomic mass is 10.1. The Morgan fingerprint density at radius 1 is 1.08 bits per heavy atom. The minimum Gasteiger partial charge on any atom is -0.443 e. The van der Waals surface area contributed by atoms with Crippen molar-refractivity contribution in [2.24, 2.45) is 5.73 Å². The monoisotopic (exact) mass is 369 g/mol. The number of hydrogen-bond acceptors (Lipinski definition) is 7. The van der Waals surface area contributed by atoms with Crippen LogP contribution in [0.2, 0.25) is 0 Å². The molecule has 0 aliphatic carbocycles. The van der Waals surface area contributed by atoms with Gasteiger partial charge in [-0.1, -0.05) is 0 Å². The summed E-state index contributed by atoms with van der Waals surface area (Å²) in [6.07, 6.45) is -0.847. The Labute approximate surface area is 152 Å². The van der Waals surface area contributed by atoms with E-state index in [0.29, 0.717) is 0 Å². The largest absolute Gasteiger partial charge is 0.443 e. The Hall–Kier alpha value is -2.42. The van der Waals surface area contributed by atoms with Crippen LogP contribution >= 0.6 is 0 Å². The van der Waals surface area contributed by atoms with Crippen LogP contribution in [-0.2, 0) is 19.1 Å². The van der Waals surface area contributed by atoms with Crippen molar-refractivity contribution in [3.05, 3.63) is 11.6 Å². The summed E-state index contributed by atoms with van der Waals surface area (Å²) in [5.74, 6) is -1.14.